The molecule has 2 aromatic carbocycles. The van der Waals surface area contributed by atoms with Crippen LogP contribution in [0.4, 0.5) is 11.4 Å². The maximum Gasteiger partial charge on any atom is 0.311 e. The fourth-order valence-corrected chi connectivity index (χ4v) is 1.55. The van der Waals surface area contributed by atoms with Gasteiger partial charge < -0.3 is 5.11 Å². The van der Waals surface area contributed by atoms with Crippen molar-refractivity contribution in [3.8, 4) is 5.75 Å². The van der Waals surface area contributed by atoms with E-state index in [0.29, 0.717) is 5.56 Å². The summed E-state index contributed by atoms with van der Waals surface area (Å²) in [6.45, 7) is 1.98. The van der Waals surface area contributed by atoms with Crippen molar-refractivity contribution in [2.45, 2.75) is 6.92 Å². The van der Waals surface area contributed by atoms with Crippen LogP contribution in [0, 0.1) is 17.0 Å². The number of aryl methyl sites for hydroxylation is 1. The van der Waals surface area contributed by atoms with Gasteiger partial charge in [-0.25, -0.2) is 0 Å². The Morgan fingerprint density at radius 1 is 1.21 bits per heavy atom. The zero-order valence-electron chi connectivity index (χ0n) is 10.3. The normalized spacial score (nSPS) is 10.8. The number of nitrogens with zero attached hydrogens (tertiary/aromatic N) is 2. The lowest BCUT2D eigenvalue weighted by molar-refractivity contribution is -0.385. The number of nitro benzene ring substituents is 1. The fraction of sp³-hybridized carbons (Fsp3) is 0.0714. The molecule has 19 heavy (non-hydrogen) atoms. The standard InChI is InChI=1S/C14H12N2O3/c1-10-2-5-12(6-3-10)15-9-11-4-7-14(17)13(8-11)16(18)19/h2-9,17H,1H3. The third kappa shape index (κ3) is 3.16. The lowest BCUT2D eigenvalue weighted by atomic mass is 10.2. The Morgan fingerprint density at radius 3 is 2.53 bits per heavy atom. The minimum Gasteiger partial charge on any atom is -0.502 e. The number of phenolic OH excluding ortho intramolecular Hbond substituents is 1. The summed E-state index contributed by atoms with van der Waals surface area (Å²) in [6, 6.07) is 11.7. The average molecular weight is 256 g/mol. The molecule has 0 aliphatic heterocycles. The first-order chi connectivity index (χ1) is 9.06. The first kappa shape index (κ1) is 12.8. The van der Waals surface area contributed by atoms with Crippen LogP contribution in [0.15, 0.2) is 47.5 Å². The van der Waals surface area contributed by atoms with Gasteiger partial charge in [0.1, 0.15) is 0 Å². The van der Waals surface area contributed by atoms with Gasteiger partial charge in [-0.2, -0.15) is 0 Å². The van der Waals surface area contributed by atoms with Crippen molar-refractivity contribution in [1.82, 2.24) is 0 Å². The Labute approximate surface area is 110 Å². The third-order valence-corrected chi connectivity index (χ3v) is 2.59. The second-order valence-electron chi connectivity index (χ2n) is 4.10. The van der Waals surface area contributed by atoms with Gasteiger partial charge in [-0.3, -0.25) is 15.1 Å². The summed E-state index contributed by atoms with van der Waals surface area (Å²) in [6.07, 6.45) is 1.52. The van der Waals surface area contributed by atoms with Crippen molar-refractivity contribution < 1.29 is 10.0 Å². The lowest BCUT2D eigenvalue weighted by Gasteiger charge is -1.98. The highest BCUT2D eigenvalue weighted by Crippen LogP contribution is 2.25. The predicted molar refractivity (Wildman–Crippen MR) is 73.2 cm³/mol. The highest BCUT2D eigenvalue weighted by molar-refractivity contribution is 5.83. The number of benzene rings is 2. The van der Waals surface area contributed by atoms with E-state index in [2.05, 4.69) is 4.99 Å². The highest BCUT2D eigenvalue weighted by atomic mass is 16.6. The molecule has 0 radical (unpaired) electrons. The molecule has 0 fully saturated rings. The summed E-state index contributed by atoms with van der Waals surface area (Å²) in [4.78, 5) is 14.3. The minimum absolute atomic E-state index is 0.326. The Bertz CT molecular complexity index is 634. The fourth-order valence-electron chi connectivity index (χ4n) is 1.55. The molecule has 0 unspecified atom stereocenters. The number of aromatic hydroxyl groups is 1. The molecule has 0 saturated heterocycles. The zero-order valence-corrected chi connectivity index (χ0v) is 10.3. The molecule has 2 aromatic rings. The lowest BCUT2D eigenvalue weighted by Crippen LogP contribution is -1.90. The van der Waals surface area contributed by atoms with Crippen LogP contribution in [0.3, 0.4) is 0 Å². The molecule has 0 heterocycles. The van der Waals surface area contributed by atoms with E-state index in [9.17, 15) is 15.2 Å². The van der Waals surface area contributed by atoms with Gasteiger partial charge in [-0.1, -0.05) is 17.7 Å². The summed E-state index contributed by atoms with van der Waals surface area (Å²) in [5, 5.41) is 20.0. The number of nitro groups is 1. The van der Waals surface area contributed by atoms with Crippen LogP contribution in [-0.2, 0) is 0 Å². The van der Waals surface area contributed by atoms with Crippen LogP contribution in [0.2, 0.25) is 0 Å². The van der Waals surface area contributed by atoms with Crippen molar-refractivity contribution in [2.75, 3.05) is 0 Å². The molecule has 0 aliphatic rings. The van der Waals surface area contributed by atoms with Crippen LogP contribution < -0.4 is 0 Å². The molecular weight excluding hydrogens is 244 g/mol. The molecule has 5 nitrogen and oxygen atoms in total. The molecule has 1 N–H and O–H groups in total. The van der Waals surface area contributed by atoms with Gasteiger partial charge in [-0.05, 0) is 36.8 Å². The van der Waals surface area contributed by atoms with E-state index in [1.54, 1.807) is 6.07 Å². The monoisotopic (exact) mass is 256 g/mol. The Hall–Kier alpha value is -2.69. The van der Waals surface area contributed by atoms with E-state index in [0.717, 1.165) is 11.3 Å². The van der Waals surface area contributed by atoms with Crippen molar-refractivity contribution in [3.05, 3.63) is 63.7 Å². The number of hydrogen-bond donors (Lipinski definition) is 1. The predicted octanol–water partition coefficient (Wildman–Crippen LogP) is 3.36. The van der Waals surface area contributed by atoms with Gasteiger partial charge in [-0.15, -0.1) is 0 Å². The molecule has 2 rings (SSSR count). The maximum absolute atomic E-state index is 10.7. The topological polar surface area (TPSA) is 75.7 Å². The second kappa shape index (κ2) is 5.30. The van der Waals surface area contributed by atoms with Gasteiger partial charge in [0, 0.05) is 12.3 Å². The SMILES string of the molecule is Cc1ccc(N=Cc2ccc(O)c([N+](=O)[O-])c2)cc1. The van der Waals surface area contributed by atoms with E-state index in [-0.39, 0.29) is 11.4 Å². The van der Waals surface area contributed by atoms with E-state index < -0.39 is 4.92 Å². The Balaban J connectivity index is 2.26. The van der Waals surface area contributed by atoms with E-state index in [1.807, 2.05) is 31.2 Å². The highest BCUT2D eigenvalue weighted by Gasteiger charge is 2.12. The van der Waals surface area contributed by atoms with Crippen molar-refractivity contribution >= 4 is 17.6 Å². The van der Waals surface area contributed by atoms with E-state index in [4.69, 9.17) is 0 Å². The molecule has 0 aliphatic carbocycles. The van der Waals surface area contributed by atoms with Gasteiger partial charge >= 0.3 is 5.69 Å². The van der Waals surface area contributed by atoms with E-state index >= 15 is 0 Å². The smallest absolute Gasteiger partial charge is 0.311 e. The first-order valence-electron chi connectivity index (χ1n) is 5.64. The van der Waals surface area contributed by atoms with Crippen molar-refractivity contribution in [3.63, 3.8) is 0 Å². The van der Waals surface area contributed by atoms with Gasteiger partial charge in [0.15, 0.2) is 5.75 Å². The molecule has 0 spiro atoms. The van der Waals surface area contributed by atoms with Gasteiger partial charge in [0.05, 0.1) is 10.6 Å². The minimum atomic E-state index is -0.626. The summed E-state index contributed by atoms with van der Waals surface area (Å²) in [5.74, 6) is -0.350. The third-order valence-electron chi connectivity index (χ3n) is 2.59. The Kier molecular flexibility index (Phi) is 3.56. The van der Waals surface area contributed by atoms with Gasteiger partial charge in [0.2, 0.25) is 0 Å². The van der Waals surface area contributed by atoms with Crippen LogP contribution in [0.5, 0.6) is 5.75 Å². The van der Waals surface area contributed by atoms with Crippen LogP contribution in [0.1, 0.15) is 11.1 Å². The number of rotatable bonds is 3. The molecular formula is C14H12N2O3. The summed E-state index contributed by atoms with van der Waals surface area (Å²) in [7, 11) is 0. The molecule has 0 atom stereocenters. The van der Waals surface area contributed by atoms with E-state index in [1.165, 1.54) is 18.3 Å². The second-order valence-corrected chi connectivity index (χ2v) is 4.10. The van der Waals surface area contributed by atoms with Gasteiger partial charge in [0.25, 0.3) is 0 Å². The average Bonchev–Trinajstić information content (AvgIpc) is 2.39. The molecule has 5 heteroatoms. The van der Waals surface area contributed by atoms with Crippen molar-refractivity contribution in [1.29, 1.82) is 0 Å². The summed E-state index contributed by atoms with van der Waals surface area (Å²) < 4.78 is 0. The molecule has 96 valence electrons. The van der Waals surface area contributed by atoms with Crippen LogP contribution in [0.25, 0.3) is 0 Å². The Morgan fingerprint density at radius 2 is 1.89 bits per heavy atom. The number of phenols is 1. The van der Waals surface area contributed by atoms with Crippen molar-refractivity contribution in [2.24, 2.45) is 4.99 Å². The summed E-state index contributed by atoms with van der Waals surface area (Å²) in [5.41, 5.74) is 2.14. The molecule has 0 saturated carbocycles. The quantitative estimate of drug-likeness (QED) is 0.519. The molecule has 0 bridgehead atoms. The largest absolute Gasteiger partial charge is 0.502 e. The van der Waals surface area contributed by atoms with Crippen LogP contribution in [-0.4, -0.2) is 16.2 Å². The first-order valence-corrected chi connectivity index (χ1v) is 5.64. The number of aliphatic imine (C=N–C) groups is 1. The maximum atomic E-state index is 10.7. The van der Waals surface area contributed by atoms with Crippen LogP contribution >= 0.6 is 0 Å². The number of hydrogen-bond acceptors (Lipinski definition) is 4. The zero-order chi connectivity index (χ0) is 13.8. The molecule has 0 amide bonds. The summed E-state index contributed by atoms with van der Waals surface area (Å²) >= 11 is 0. The molecule has 0 aromatic heterocycles.